The SMILES string of the molecule is CC1(C)OC[C@H]([C@@H](OCc2ccccc2)C(F)(F)[C@H](O)CO)O1. The molecular weight excluding hydrogens is 310 g/mol. The summed E-state index contributed by atoms with van der Waals surface area (Å²) in [7, 11) is 0. The summed E-state index contributed by atoms with van der Waals surface area (Å²) in [5.74, 6) is -4.68. The number of aliphatic hydroxyl groups is 2. The standard InChI is InChI=1S/C16H22F2O5/c1-15(2)22-10-12(23-15)14(16(17,18)13(20)8-19)21-9-11-6-4-3-5-7-11/h3-7,12-14,19-20H,8-10H2,1-2H3/t12-,13-,14-/m1/s1. The van der Waals surface area contributed by atoms with E-state index in [1.54, 1.807) is 38.1 Å². The van der Waals surface area contributed by atoms with Gasteiger partial charge >= 0.3 is 5.92 Å². The smallest absolute Gasteiger partial charge is 0.303 e. The minimum absolute atomic E-state index is 0.0699. The molecule has 3 atom stereocenters. The van der Waals surface area contributed by atoms with E-state index in [0.29, 0.717) is 5.56 Å². The molecule has 1 saturated heterocycles. The van der Waals surface area contributed by atoms with Gasteiger partial charge in [-0.05, 0) is 19.4 Å². The number of aliphatic hydroxyl groups excluding tert-OH is 2. The predicted octanol–water partition coefficient (Wildman–Crippen LogP) is 1.71. The Labute approximate surface area is 133 Å². The molecule has 2 N–H and O–H groups in total. The van der Waals surface area contributed by atoms with Crippen molar-refractivity contribution in [2.24, 2.45) is 0 Å². The van der Waals surface area contributed by atoms with Crippen molar-refractivity contribution < 1.29 is 33.2 Å². The van der Waals surface area contributed by atoms with Crippen molar-refractivity contribution >= 4 is 0 Å². The number of rotatable bonds is 7. The molecule has 0 radical (unpaired) electrons. The molecule has 1 aliphatic rings. The minimum atomic E-state index is -3.68. The predicted molar refractivity (Wildman–Crippen MR) is 78.0 cm³/mol. The van der Waals surface area contributed by atoms with Crippen LogP contribution >= 0.6 is 0 Å². The van der Waals surface area contributed by atoms with Crippen LogP contribution in [0.5, 0.6) is 0 Å². The van der Waals surface area contributed by atoms with E-state index in [2.05, 4.69) is 0 Å². The van der Waals surface area contributed by atoms with Gasteiger partial charge in [0, 0.05) is 0 Å². The molecule has 1 aliphatic heterocycles. The molecule has 1 fully saturated rings. The summed E-state index contributed by atoms with van der Waals surface area (Å²) in [5, 5.41) is 18.4. The van der Waals surface area contributed by atoms with E-state index in [1.165, 1.54) is 0 Å². The fraction of sp³-hybridized carbons (Fsp3) is 0.625. The topological polar surface area (TPSA) is 68.2 Å². The largest absolute Gasteiger partial charge is 0.393 e. The molecule has 0 bridgehead atoms. The lowest BCUT2D eigenvalue weighted by Gasteiger charge is -2.33. The highest BCUT2D eigenvalue weighted by molar-refractivity contribution is 5.13. The number of hydrogen-bond donors (Lipinski definition) is 2. The number of halogens is 2. The van der Waals surface area contributed by atoms with Crippen LogP contribution in [0.1, 0.15) is 19.4 Å². The molecule has 2 rings (SSSR count). The van der Waals surface area contributed by atoms with Crippen LogP contribution in [0, 0.1) is 0 Å². The number of ether oxygens (including phenoxy) is 3. The Kier molecular flexibility index (Phi) is 5.70. The number of benzene rings is 1. The summed E-state index contributed by atoms with van der Waals surface area (Å²) in [6.07, 6.45) is -5.04. The Morgan fingerprint density at radius 1 is 1.35 bits per heavy atom. The third-order valence-corrected chi connectivity index (χ3v) is 3.64. The Morgan fingerprint density at radius 2 is 2.00 bits per heavy atom. The molecule has 0 spiro atoms. The van der Waals surface area contributed by atoms with Gasteiger partial charge in [-0.3, -0.25) is 0 Å². The van der Waals surface area contributed by atoms with E-state index in [1.807, 2.05) is 6.07 Å². The van der Waals surface area contributed by atoms with Crippen LogP contribution in [0.15, 0.2) is 30.3 Å². The van der Waals surface area contributed by atoms with Crippen LogP contribution in [0.3, 0.4) is 0 Å². The molecule has 0 saturated carbocycles. The van der Waals surface area contributed by atoms with Crippen molar-refractivity contribution in [3.63, 3.8) is 0 Å². The first-order valence-electron chi connectivity index (χ1n) is 7.40. The van der Waals surface area contributed by atoms with Crippen LogP contribution < -0.4 is 0 Å². The highest BCUT2D eigenvalue weighted by atomic mass is 19.3. The summed E-state index contributed by atoms with van der Waals surface area (Å²) in [6, 6.07) is 8.84. The lowest BCUT2D eigenvalue weighted by atomic mass is 10.0. The van der Waals surface area contributed by atoms with Gasteiger partial charge in [0.25, 0.3) is 0 Å². The number of hydrogen-bond acceptors (Lipinski definition) is 5. The maximum absolute atomic E-state index is 14.4. The fourth-order valence-electron chi connectivity index (χ4n) is 2.40. The maximum atomic E-state index is 14.4. The van der Waals surface area contributed by atoms with E-state index in [4.69, 9.17) is 19.3 Å². The zero-order valence-electron chi connectivity index (χ0n) is 13.1. The third-order valence-electron chi connectivity index (χ3n) is 3.64. The van der Waals surface area contributed by atoms with Gasteiger partial charge in [-0.2, -0.15) is 0 Å². The van der Waals surface area contributed by atoms with E-state index in [-0.39, 0.29) is 13.2 Å². The summed E-state index contributed by atoms with van der Waals surface area (Å²) in [6.45, 7) is 2.00. The van der Waals surface area contributed by atoms with Crippen LogP contribution in [0.4, 0.5) is 8.78 Å². The van der Waals surface area contributed by atoms with Gasteiger partial charge in [0.15, 0.2) is 11.9 Å². The monoisotopic (exact) mass is 332 g/mol. The Hall–Kier alpha value is -1.12. The second-order valence-electron chi connectivity index (χ2n) is 5.96. The molecular formula is C16H22F2O5. The van der Waals surface area contributed by atoms with Crippen LogP contribution in [-0.4, -0.2) is 53.4 Å². The molecule has 0 amide bonds. The molecule has 1 heterocycles. The molecule has 23 heavy (non-hydrogen) atoms. The third kappa shape index (κ3) is 4.45. The van der Waals surface area contributed by atoms with Gasteiger partial charge in [-0.1, -0.05) is 30.3 Å². The zero-order valence-corrected chi connectivity index (χ0v) is 13.1. The zero-order chi connectivity index (χ0) is 17.1. The molecule has 5 nitrogen and oxygen atoms in total. The van der Waals surface area contributed by atoms with E-state index < -0.39 is 36.6 Å². The van der Waals surface area contributed by atoms with Crippen LogP contribution in [0.25, 0.3) is 0 Å². The summed E-state index contributed by atoms with van der Waals surface area (Å²) < 4.78 is 45.0. The van der Waals surface area contributed by atoms with Crippen molar-refractivity contribution in [2.75, 3.05) is 13.2 Å². The Morgan fingerprint density at radius 3 is 2.52 bits per heavy atom. The first kappa shape index (κ1) is 18.2. The molecule has 0 aromatic heterocycles. The van der Waals surface area contributed by atoms with Crippen molar-refractivity contribution in [3.8, 4) is 0 Å². The Balaban J connectivity index is 2.14. The molecule has 0 aliphatic carbocycles. The molecule has 7 heteroatoms. The van der Waals surface area contributed by atoms with Crippen molar-refractivity contribution in [3.05, 3.63) is 35.9 Å². The van der Waals surface area contributed by atoms with Crippen LogP contribution in [-0.2, 0) is 20.8 Å². The summed E-state index contributed by atoms with van der Waals surface area (Å²) in [4.78, 5) is 0. The minimum Gasteiger partial charge on any atom is -0.393 e. The Bertz CT molecular complexity index is 495. The summed E-state index contributed by atoms with van der Waals surface area (Å²) >= 11 is 0. The first-order valence-corrected chi connectivity index (χ1v) is 7.40. The lowest BCUT2D eigenvalue weighted by Crippen LogP contribution is -2.54. The quantitative estimate of drug-likeness (QED) is 0.796. The first-order chi connectivity index (χ1) is 10.8. The van der Waals surface area contributed by atoms with E-state index in [9.17, 15) is 13.9 Å². The lowest BCUT2D eigenvalue weighted by molar-refractivity contribution is -0.242. The second kappa shape index (κ2) is 7.19. The van der Waals surface area contributed by atoms with Crippen molar-refractivity contribution in [2.45, 2.75) is 50.5 Å². The molecule has 0 unspecified atom stereocenters. The number of alkyl halides is 2. The van der Waals surface area contributed by atoms with E-state index >= 15 is 0 Å². The molecule has 130 valence electrons. The van der Waals surface area contributed by atoms with Crippen LogP contribution in [0.2, 0.25) is 0 Å². The van der Waals surface area contributed by atoms with Gasteiger partial charge in [0.1, 0.15) is 12.2 Å². The second-order valence-corrected chi connectivity index (χ2v) is 5.96. The van der Waals surface area contributed by atoms with Gasteiger partial charge in [-0.25, -0.2) is 8.78 Å². The van der Waals surface area contributed by atoms with Gasteiger partial charge in [-0.15, -0.1) is 0 Å². The average Bonchev–Trinajstić information content (AvgIpc) is 2.87. The van der Waals surface area contributed by atoms with E-state index in [0.717, 1.165) is 0 Å². The molecule has 1 aromatic carbocycles. The molecule has 1 aromatic rings. The normalized spacial score (nSPS) is 23.7. The highest BCUT2D eigenvalue weighted by Crippen LogP contribution is 2.35. The average molecular weight is 332 g/mol. The fourth-order valence-corrected chi connectivity index (χ4v) is 2.40. The van der Waals surface area contributed by atoms with Crippen molar-refractivity contribution in [1.29, 1.82) is 0 Å². The van der Waals surface area contributed by atoms with Crippen molar-refractivity contribution in [1.82, 2.24) is 0 Å². The van der Waals surface area contributed by atoms with Gasteiger partial charge in [0.2, 0.25) is 0 Å². The summed E-state index contributed by atoms with van der Waals surface area (Å²) in [5.41, 5.74) is 0.713. The maximum Gasteiger partial charge on any atom is 0.303 e. The van der Waals surface area contributed by atoms with Gasteiger partial charge in [0.05, 0.1) is 19.8 Å². The van der Waals surface area contributed by atoms with Gasteiger partial charge < -0.3 is 24.4 Å². The highest BCUT2D eigenvalue weighted by Gasteiger charge is 2.54.